The zero-order chi connectivity index (χ0) is 13.0. The summed E-state index contributed by atoms with van der Waals surface area (Å²) in [5, 5.41) is -0.745. The van der Waals surface area contributed by atoms with E-state index in [-0.39, 0.29) is 16.9 Å². The van der Waals surface area contributed by atoms with Gasteiger partial charge in [0.05, 0.1) is 0 Å². The molecule has 1 aromatic carbocycles. The van der Waals surface area contributed by atoms with Crippen molar-refractivity contribution in [1.29, 1.82) is 0 Å². The molecule has 0 aliphatic rings. The number of carbonyl (C=O) groups is 1. The third kappa shape index (κ3) is 3.27. The number of hydrogen-bond donors (Lipinski definition) is 0. The van der Waals surface area contributed by atoms with Crippen molar-refractivity contribution in [2.45, 2.75) is 5.01 Å². The van der Waals surface area contributed by atoms with Gasteiger partial charge in [0.2, 0.25) is 22.0 Å². The van der Waals surface area contributed by atoms with E-state index in [0.717, 1.165) is 0 Å². The van der Waals surface area contributed by atoms with Crippen LogP contribution in [0.2, 0.25) is 5.28 Å². The number of hydrogen-bond acceptors (Lipinski definition) is 4. The van der Waals surface area contributed by atoms with Gasteiger partial charge >= 0.3 is 0 Å². The molecule has 18 heavy (non-hydrogen) atoms. The van der Waals surface area contributed by atoms with E-state index < -0.39 is 5.01 Å². The fourth-order valence-electron chi connectivity index (χ4n) is 1.28. The number of carbonyl (C=O) groups excluding carboxylic acids is 1. The quantitative estimate of drug-likeness (QED) is 0.492. The first-order valence-electron chi connectivity index (χ1n) is 5.05. The van der Waals surface area contributed by atoms with E-state index in [0.29, 0.717) is 5.56 Å². The zero-order valence-electron chi connectivity index (χ0n) is 9.09. The Bertz CT molecular complexity index is 551. The van der Waals surface area contributed by atoms with Crippen LogP contribution in [-0.4, -0.2) is 20.8 Å². The molecular weight excluding hydrogens is 320 g/mol. The van der Waals surface area contributed by atoms with Crippen LogP contribution in [0, 0.1) is 0 Å². The highest BCUT2D eigenvalue weighted by Gasteiger charge is 2.18. The standard InChI is InChI=1S/C12H8BrClN2O2/c13-11(10(17)8-4-2-1-3-5-8)18-9-6-7-15-12(14)16-9/h1-7,11H. The Kier molecular flexibility index (Phi) is 4.28. The molecule has 0 radical (unpaired) electrons. The third-order valence-electron chi connectivity index (χ3n) is 2.09. The summed E-state index contributed by atoms with van der Waals surface area (Å²) in [6.45, 7) is 0. The maximum Gasteiger partial charge on any atom is 0.225 e. The lowest BCUT2D eigenvalue weighted by Crippen LogP contribution is -2.21. The predicted molar refractivity (Wildman–Crippen MR) is 71.2 cm³/mol. The number of benzene rings is 1. The fraction of sp³-hybridized carbons (Fsp3) is 0.0833. The Morgan fingerprint density at radius 1 is 1.28 bits per heavy atom. The van der Waals surface area contributed by atoms with Gasteiger partial charge in [-0.1, -0.05) is 30.3 Å². The monoisotopic (exact) mass is 326 g/mol. The van der Waals surface area contributed by atoms with Crippen molar-refractivity contribution in [1.82, 2.24) is 9.97 Å². The number of ether oxygens (including phenoxy) is 1. The Labute approximate surface area is 117 Å². The van der Waals surface area contributed by atoms with Crippen LogP contribution in [0.15, 0.2) is 42.6 Å². The second-order valence-corrected chi connectivity index (χ2v) is 4.50. The van der Waals surface area contributed by atoms with E-state index in [1.165, 1.54) is 12.3 Å². The maximum absolute atomic E-state index is 12.0. The highest BCUT2D eigenvalue weighted by molar-refractivity contribution is 9.09. The summed E-state index contributed by atoms with van der Waals surface area (Å²) < 4.78 is 5.34. The van der Waals surface area contributed by atoms with Crippen molar-refractivity contribution in [3.05, 3.63) is 53.4 Å². The number of Topliss-reactive ketones (excluding diaryl/α,β-unsaturated/α-hetero) is 1. The van der Waals surface area contributed by atoms with Crippen LogP contribution in [0.5, 0.6) is 5.88 Å². The second kappa shape index (κ2) is 5.93. The summed E-state index contributed by atoms with van der Waals surface area (Å²) >= 11 is 8.79. The highest BCUT2D eigenvalue weighted by atomic mass is 79.9. The molecule has 1 unspecified atom stereocenters. The normalized spacial score (nSPS) is 11.9. The van der Waals surface area contributed by atoms with E-state index in [9.17, 15) is 4.79 Å². The Morgan fingerprint density at radius 3 is 2.67 bits per heavy atom. The van der Waals surface area contributed by atoms with Crippen LogP contribution >= 0.6 is 27.5 Å². The highest BCUT2D eigenvalue weighted by Crippen LogP contribution is 2.16. The van der Waals surface area contributed by atoms with Gasteiger partial charge in [0.25, 0.3) is 0 Å². The topological polar surface area (TPSA) is 52.1 Å². The molecular formula is C12H8BrClN2O2. The van der Waals surface area contributed by atoms with Gasteiger partial charge in [-0.15, -0.1) is 0 Å². The molecule has 4 nitrogen and oxygen atoms in total. The molecule has 0 amide bonds. The maximum atomic E-state index is 12.0. The van der Waals surface area contributed by atoms with Gasteiger partial charge in [0.1, 0.15) is 0 Å². The third-order valence-corrected chi connectivity index (χ3v) is 2.87. The van der Waals surface area contributed by atoms with Crippen molar-refractivity contribution < 1.29 is 9.53 Å². The zero-order valence-corrected chi connectivity index (χ0v) is 11.4. The molecule has 0 aliphatic carbocycles. The lowest BCUT2D eigenvalue weighted by atomic mass is 10.1. The summed E-state index contributed by atoms with van der Waals surface area (Å²) in [5.74, 6) is 0.0477. The molecule has 0 aliphatic heterocycles. The van der Waals surface area contributed by atoms with Gasteiger partial charge in [0, 0.05) is 17.8 Å². The van der Waals surface area contributed by atoms with Gasteiger partial charge in [0.15, 0.2) is 0 Å². The molecule has 92 valence electrons. The van der Waals surface area contributed by atoms with E-state index >= 15 is 0 Å². The van der Waals surface area contributed by atoms with Crippen LogP contribution < -0.4 is 4.74 Å². The fourth-order valence-corrected chi connectivity index (χ4v) is 1.87. The van der Waals surface area contributed by atoms with Crippen LogP contribution in [0.4, 0.5) is 0 Å². The van der Waals surface area contributed by atoms with Crippen LogP contribution in [-0.2, 0) is 0 Å². The number of aromatic nitrogens is 2. The molecule has 2 aromatic rings. The van der Waals surface area contributed by atoms with Crippen LogP contribution in [0.3, 0.4) is 0 Å². The second-order valence-electron chi connectivity index (χ2n) is 3.33. The average Bonchev–Trinajstić information content (AvgIpc) is 2.39. The van der Waals surface area contributed by atoms with E-state index in [1.807, 2.05) is 6.07 Å². The van der Waals surface area contributed by atoms with Gasteiger partial charge in [-0.05, 0) is 27.5 Å². The van der Waals surface area contributed by atoms with Crippen molar-refractivity contribution >= 4 is 33.3 Å². The minimum absolute atomic E-state index is 0.0689. The molecule has 1 atom stereocenters. The van der Waals surface area contributed by atoms with E-state index in [2.05, 4.69) is 25.9 Å². The minimum atomic E-state index is -0.814. The smallest absolute Gasteiger partial charge is 0.225 e. The lowest BCUT2D eigenvalue weighted by molar-refractivity contribution is 0.0893. The molecule has 0 bridgehead atoms. The Balaban J connectivity index is 2.09. The SMILES string of the molecule is O=C(c1ccccc1)C(Br)Oc1ccnc(Cl)n1. The van der Waals surface area contributed by atoms with E-state index in [1.54, 1.807) is 24.3 Å². The van der Waals surface area contributed by atoms with Gasteiger partial charge in [-0.25, -0.2) is 4.98 Å². The predicted octanol–water partition coefficient (Wildman–Crippen LogP) is 3.11. The van der Waals surface area contributed by atoms with E-state index in [4.69, 9.17) is 16.3 Å². The first-order valence-corrected chi connectivity index (χ1v) is 6.35. The number of ketones is 1. The summed E-state index contributed by atoms with van der Waals surface area (Å²) in [6.07, 6.45) is 1.46. The Hall–Kier alpha value is -1.46. The molecule has 1 aromatic heterocycles. The number of rotatable bonds is 4. The van der Waals surface area contributed by atoms with Crippen LogP contribution in [0.25, 0.3) is 0 Å². The van der Waals surface area contributed by atoms with Gasteiger partial charge in [-0.2, -0.15) is 4.98 Å². The van der Waals surface area contributed by atoms with Crippen molar-refractivity contribution in [3.63, 3.8) is 0 Å². The first-order chi connectivity index (χ1) is 8.66. The molecule has 0 saturated heterocycles. The van der Waals surface area contributed by atoms with Gasteiger partial charge < -0.3 is 4.74 Å². The number of nitrogens with zero attached hydrogens (tertiary/aromatic N) is 2. The molecule has 1 heterocycles. The summed E-state index contributed by atoms with van der Waals surface area (Å²) in [6, 6.07) is 10.4. The van der Waals surface area contributed by atoms with Gasteiger partial charge in [-0.3, -0.25) is 4.79 Å². The molecule has 2 rings (SSSR count). The van der Waals surface area contributed by atoms with Crippen LogP contribution in [0.1, 0.15) is 10.4 Å². The molecule has 6 heteroatoms. The minimum Gasteiger partial charge on any atom is -0.454 e. The summed E-state index contributed by atoms with van der Waals surface area (Å²) in [4.78, 5) is 19.5. The number of alkyl halides is 1. The average molecular weight is 328 g/mol. The van der Waals surface area contributed by atoms with Crippen molar-refractivity contribution in [2.24, 2.45) is 0 Å². The molecule has 0 fully saturated rings. The molecule has 0 saturated carbocycles. The largest absolute Gasteiger partial charge is 0.454 e. The lowest BCUT2D eigenvalue weighted by Gasteiger charge is -2.10. The van der Waals surface area contributed by atoms with Crippen molar-refractivity contribution in [3.8, 4) is 5.88 Å². The first kappa shape index (κ1) is 13.0. The Morgan fingerprint density at radius 2 is 2.00 bits per heavy atom. The summed E-state index contributed by atoms with van der Waals surface area (Å²) in [5.41, 5.74) is 0.555. The number of halogens is 2. The molecule has 0 N–H and O–H groups in total. The summed E-state index contributed by atoms with van der Waals surface area (Å²) in [7, 11) is 0. The molecule has 0 spiro atoms. The van der Waals surface area contributed by atoms with Crippen molar-refractivity contribution in [2.75, 3.05) is 0 Å².